The lowest BCUT2D eigenvalue weighted by molar-refractivity contribution is 0.599. The summed E-state index contributed by atoms with van der Waals surface area (Å²) in [6.45, 7) is 3.19. The van der Waals surface area contributed by atoms with E-state index in [-0.39, 0.29) is 41.5 Å². The molecule has 1 heterocycles. The first-order valence-corrected chi connectivity index (χ1v) is 9.18. The van der Waals surface area contributed by atoms with E-state index in [1.54, 1.807) is 0 Å². The fourth-order valence-electron chi connectivity index (χ4n) is 2.23. The summed E-state index contributed by atoms with van der Waals surface area (Å²) in [6, 6.07) is 7.47. The predicted molar refractivity (Wildman–Crippen MR) is 102 cm³/mol. The minimum Gasteiger partial charge on any atom is -0.357 e. The van der Waals surface area contributed by atoms with Crippen molar-refractivity contribution in [2.75, 3.05) is 18.1 Å². The molecule has 2 N–H and O–H groups in total. The second-order valence-electron chi connectivity index (χ2n) is 5.07. The van der Waals surface area contributed by atoms with Gasteiger partial charge in [0, 0.05) is 17.6 Å². The van der Waals surface area contributed by atoms with Crippen molar-refractivity contribution in [3.05, 3.63) is 34.9 Å². The first kappa shape index (κ1) is 19.5. The van der Waals surface area contributed by atoms with Crippen molar-refractivity contribution in [2.45, 2.75) is 25.9 Å². The Labute approximate surface area is 153 Å². The Morgan fingerprint density at radius 3 is 2.82 bits per heavy atom. The average Bonchev–Trinajstić information content (AvgIpc) is 2.76. The topological polar surface area (TPSA) is 70.6 Å². The van der Waals surface area contributed by atoms with Gasteiger partial charge in [-0.1, -0.05) is 23.7 Å². The van der Waals surface area contributed by atoms with Crippen molar-refractivity contribution in [3.63, 3.8) is 0 Å². The molecule has 1 aliphatic rings. The van der Waals surface area contributed by atoms with Gasteiger partial charge >= 0.3 is 0 Å². The predicted octanol–water partition coefficient (Wildman–Crippen LogP) is 2.20. The average molecular weight is 458 g/mol. The fraction of sp³-hybridized carbons (Fsp3) is 0.500. The van der Waals surface area contributed by atoms with Crippen LogP contribution in [0.3, 0.4) is 0 Å². The monoisotopic (exact) mass is 457 g/mol. The van der Waals surface area contributed by atoms with Crippen LogP contribution in [0.2, 0.25) is 5.02 Å². The second kappa shape index (κ2) is 8.93. The molecule has 0 amide bonds. The zero-order chi connectivity index (χ0) is 15.3. The van der Waals surface area contributed by atoms with Gasteiger partial charge < -0.3 is 10.6 Å². The number of hydrogen-bond donors (Lipinski definition) is 2. The van der Waals surface area contributed by atoms with Gasteiger partial charge in [-0.05, 0) is 31.0 Å². The van der Waals surface area contributed by atoms with Gasteiger partial charge in [0.2, 0.25) is 0 Å². The number of benzene rings is 1. The molecule has 1 fully saturated rings. The molecule has 0 radical (unpaired) electrons. The quantitative estimate of drug-likeness (QED) is 0.413. The van der Waals surface area contributed by atoms with Gasteiger partial charge in [0.05, 0.1) is 18.1 Å². The molecule has 2 rings (SSSR count). The summed E-state index contributed by atoms with van der Waals surface area (Å²) in [5.41, 5.74) is 1.01. The largest absolute Gasteiger partial charge is 0.357 e. The van der Waals surface area contributed by atoms with Crippen LogP contribution in [0.4, 0.5) is 0 Å². The van der Waals surface area contributed by atoms with Crippen molar-refractivity contribution in [1.29, 1.82) is 0 Å². The third-order valence-electron chi connectivity index (χ3n) is 3.23. The number of sulfone groups is 1. The number of guanidine groups is 1. The molecule has 8 heteroatoms. The molecule has 1 aromatic rings. The summed E-state index contributed by atoms with van der Waals surface area (Å²) in [5.74, 6) is 1.06. The lowest BCUT2D eigenvalue weighted by Crippen LogP contribution is -2.44. The van der Waals surface area contributed by atoms with Gasteiger partial charge in [-0.2, -0.15) is 0 Å². The maximum atomic E-state index is 11.5. The molecule has 0 aliphatic carbocycles. The third kappa shape index (κ3) is 6.29. The van der Waals surface area contributed by atoms with E-state index in [1.165, 1.54) is 0 Å². The van der Waals surface area contributed by atoms with Crippen LogP contribution >= 0.6 is 35.6 Å². The smallest absolute Gasteiger partial charge is 0.191 e. The Balaban J connectivity index is 0.00000242. The van der Waals surface area contributed by atoms with Gasteiger partial charge in [0.15, 0.2) is 15.8 Å². The van der Waals surface area contributed by atoms with Crippen LogP contribution in [0.5, 0.6) is 0 Å². The zero-order valence-corrected chi connectivity index (χ0v) is 16.3. The molecular weight excluding hydrogens is 437 g/mol. The van der Waals surface area contributed by atoms with Crippen LogP contribution < -0.4 is 10.6 Å². The van der Waals surface area contributed by atoms with E-state index in [9.17, 15) is 8.42 Å². The summed E-state index contributed by atoms with van der Waals surface area (Å²) in [6.07, 6.45) is 0.629. The van der Waals surface area contributed by atoms with Crippen LogP contribution in [0.15, 0.2) is 29.3 Å². The molecule has 1 unspecified atom stereocenters. The maximum Gasteiger partial charge on any atom is 0.191 e. The molecule has 1 atom stereocenters. The highest BCUT2D eigenvalue weighted by Crippen LogP contribution is 2.12. The summed E-state index contributed by atoms with van der Waals surface area (Å²) < 4.78 is 23.0. The highest BCUT2D eigenvalue weighted by Gasteiger charge is 2.28. The number of nitrogens with one attached hydrogen (secondary N) is 2. The number of aliphatic imine (C=N–C) groups is 1. The molecule has 0 bridgehead atoms. The number of nitrogens with zero attached hydrogens (tertiary/aromatic N) is 1. The van der Waals surface area contributed by atoms with Crippen molar-refractivity contribution in [3.8, 4) is 0 Å². The molecule has 22 heavy (non-hydrogen) atoms. The SMILES string of the molecule is CCNC(=NCc1cccc(Cl)c1)NC1CCS(=O)(=O)C1.I. The molecule has 1 saturated heterocycles. The second-order valence-corrected chi connectivity index (χ2v) is 7.73. The normalized spacial score (nSPS) is 20.3. The summed E-state index contributed by atoms with van der Waals surface area (Å²) in [4.78, 5) is 4.48. The standard InChI is InChI=1S/C14H20ClN3O2S.HI/c1-2-16-14(18-13-6-7-21(19,20)10-13)17-9-11-4-3-5-12(15)8-11;/h3-5,8,13H,2,6-7,9-10H2,1H3,(H2,16,17,18);1H. The Morgan fingerprint density at radius 2 is 2.23 bits per heavy atom. The molecule has 1 aromatic carbocycles. The van der Waals surface area contributed by atoms with Crippen LogP contribution in [0.25, 0.3) is 0 Å². The summed E-state index contributed by atoms with van der Waals surface area (Å²) in [5, 5.41) is 7.00. The van der Waals surface area contributed by atoms with Crippen molar-refractivity contribution < 1.29 is 8.42 Å². The van der Waals surface area contributed by atoms with E-state index >= 15 is 0 Å². The lowest BCUT2D eigenvalue weighted by atomic mass is 10.2. The van der Waals surface area contributed by atoms with Crippen molar-refractivity contribution in [1.82, 2.24) is 10.6 Å². The maximum absolute atomic E-state index is 11.5. The minimum absolute atomic E-state index is 0. The lowest BCUT2D eigenvalue weighted by Gasteiger charge is -2.15. The Hall–Kier alpha value is -0.540. The van der Waals surface area contributed by atoms with Gasteiger partial charge in [-0.3, -0.25) is 0 Å². The molecule has 0 spiro atoms. The molecular formula is C14H21ClIN3O2S. The number of hydrogen-bond acceptors (Lipinski definition) is 3. The minimum atomic E-state index is -2.89. The molecule has 1 aliphatic heterocycles. The van der Waals surface area contributed by atoms with E-state index in [0.29, 0.717) is 23.9 Å². The number of rotatable bonds is 4. The van der Waals surface area contributed by atoms with E-state index in [2.05, 4.69) is 15.6 Å². The van der Waals surface area contributed by atoms with Gasteiger partial charge in [0.25, 0.3) is 0 Å². The Bertz CT molecular complexity index is 622. The highest BCUT2D eigenvalue weighted by molar-refractivity contribution is 14.0. The fourth-order valence-corrected chi connectivity index (χ4v) is 4.11. The number of halogens is 2. The van der Waals surface area contributed by atoms with Gasteiger partial charge in [-0.25, -0.2) is 13.4 Å². The van der Waals surface area contributed by atoms with Gasteiger partial charge in [0.1, 0.15) is 0 Å². The van der Waals surface area contributed by atoms with E-state index in [0.717, 1.165) is 12.1 Å². The Morgan fingerprint density at radius 1 is 1.45 bits per heavy atom. The van der Waals surface area contributed by atoms with Gasteiger partial charge in [-0.15, -0.1) is 24.0 Å². The molecule has 5 nitrogen and oxygen atoms in total. The van der Waals surface area contributed by atoms with Crippen LogP contribution in [-0.2, 0) is 16.4 Å². The molecule has 0 saturated carbocycles. The summed E-state index contributed by atoms with van der Waals surface area (Å²) >= 11 is 5.94. The Kier molecular flexibility index (Phi) is 7.92. The first-order valence-electron chi connectivity index (χ1n) is 6.98. The molecule has 124 valence electrons. The first-order chi connectivity index (χ1) is 9.98. The van der Waals surface area contributed by atoms with E-state index in [1.807, 2.05) is 31.2 Å². The third-order valence-corrected chi connectivity index (χ3v) is 5.23. The summed E-state index contributed by atoms with van der Waals surface area (Å²) in [7, 11) is -2.89. The van der Waals surface area contributed by atoms with Crippen LogP contribution in [-0.4, -0.2) is 38.5 Å². The highest BCUT2D eigenvalue weighted by atomic mass is 127. The van der Waals surface area contributed by atoms with Crippen molar-refractivity contribution >= 4 is 51.4 Å². The molecule has 0 aromatic heterocycles. The van der Waals surface area contributed by atoms with Crippen LogP contribution in [0, 0.1) is 0 Å². The van der Waals surface area contributed by atoms with Crippen LogP contribution in [0.1, 0.15) is 18.9 Å². The van der Waals surface area contributed by atoms with Crippen molar-refractivity contribution in [2.24, 2.45) is 4.99 Å². The van der Waals surface area contributed by atoms with E-state index < -0.39 is 9.84 Å². The zero-order valence-electron chi connectivity index (χ0n) is 12.4. The van der Waals surface area contributed by atoms with E-state index in [4.69, 9.17) is 11.6 Å².